The molecule has 2 aromatic rings. The van der Waals surface area contributed by atoms with E-state index in [0.29, 0.717) is 11.6 Å². The van der Waals surface area contributed by atoms with Gasteiger partial charge in [0.2, 0.25) is 0 Å². The van der Waals surface area contributed by atoms with Gasteiger partial charge in [0, 0.05) is 5.02 Å². The van der Waals surface area contributed by atoms with E-state index in [-0.39, 0.29) is 5.41 Å². The Hall–Kier alpha value is -1.65. The molecule has 0 bridgehead atoms. The fourth-order valence-corrected chi connectivity index (χ4v) is 3.51. The van der Waals surface area contributed by atoms with Crippen molar-refractivity contribution in [2.75, 3.05) is 0 Å². The van der Waals surface area contributed by atoms with Gasteiger partial charge in [0.05, 0.1) is 6.54 Å². The zero-order chi connectivity index (χ0) is 16.5. The second-order valence-electron chi connectivity index (χ2n) is 6.91. The maximum absolute atomic E-state index is 11.6. The third-order valence-corrected chi connectivity index (χ3v) is 5.22. The molecule has 5 heteroatoms. The molecule has 0 amide bonds. The molecule has 1 saturated carbocycles. The van der Waals surface area contributed by atoms with Gasteiger partial charge in [-0.3, -0.25) is 0 Å². The predicted octanol–water partition coefficient (Wildman–Crippen LogP) is 3.96. The molecule has 1 fully saturated rings. The largest absolute Gasteiger partial charge is 0.383 e. The van der Waals surface area contributed by atoms with E-state index in [1.54, 1.807) is 11.0 Å². The monoisotopic (exact) mass is 331 g/mol. The molecule has 1 atom stereocenters. The van der Waals surface area contributed by atoms with Gasteiger partial charge in [0.1, 0.15) is 18.3 Å². The van der Waals surface area contributed by atoms with Gasteiger partial charge in [-0.15, -0.1) is 0 Å². The molecule has 1 aromatic heterocycles. The fourth-order valence-electron chi connectivity index (χ4n) is 3.39. The Morgan fingerprint density at radius 2 is 2.04 bits per heavy atom. The van der Waals surface area contributed by atoms with Crippen molar-refractivity contribution in [1.29, 1.82) is 0 Å². The van der Waals surface area contributed by atoms with Crippen LogP contribution in [0.1, 0.15) is 38.7 Å². The molecule has 0 radical (unpaired) electrons. The second-order valence-corrected chi connectivity index (χ2v) is 7.35. The minimum Gasteiger partial charge on any atom is -0.383 e. The van der Waals surface area contributed by atoms with Crippen LogP contribution in [0.25, 0.3) is 6.08 Å². The van der Waals surface area contributed by atoms with Crippen LogP contribution in [-0.4, -0.2) is 25.5 Å². The van der Waals surface area contributed by atoms with Gasteiger partial charge >= 0.3 is 0 Å². The van der Waals surface area contributed by atoms with Crippen LogP contribution in [-0.2, 0) is 6.54 Å². The third kappa shape index (κ3) is 3.19. The SMILES string of the molecule is CC1(C)CCC/C(=C\c2ccc(Cl)cc2)C1(O)Cn1cncn1. The molecule has 3 rings (SSSR count). The summed E-state index contributed by atoms with van der Waals surface area (Å²) in [4.78, 5) is 3.99. The highest BCUT2D eigenvalue weighted by molar-refractivity contribution is 6.30. The van der Waals surface area contributed by atoms with Gasteiger partial charge in [-0.2, -0.15) is 5.10 Å². The molecular formula is C18H22ClN3O. The third-order valence-electron chi connectivity index (χ3n) is 4.97. The number of aliphatic hydroxyl groups is 1. The Balaban J connectivity index is 2.00. The predicted molar refractivity (Wildman–Crippen MR) is 92.0 cm³/mol. The number of hydrogen-bond acceptors (Lipinski definition) is 3. The molecule has 4 nitrogen and oxygen atoms in total. The van der Waals surface area contributed by atoms with Gasteiger partial charge in [-0.1, -0.05) is 43.7 Å². The summed E-state index contributed by atoms with van der Waals surface area (Å²) in [6.45, 7) is 4.66. The quantitative estimate of drug-likeness (QED) is 0.926. The lowest BCUT2D eigenvalue weighted by Crippen LogP contribution is -2.52. The first-order chi connectivity index (χ1) is 10.9. The van der Waals surface area contributed by atoms with Crippen molar-refractivity contribution in [2.45, 2.75) is 45.3 Å². The van der Waals surface area contributed by atoms with Crippen molar-refractivity contribution in [2.24, 2.45) is 5.41 Å². The van der Waals surface area contributed by atoms with Crippen molar-refractivity contribution in [3.8, 4) is 0 Å². The summed E-state index contributed by atoms with van der Waals surface area (Å²) in [5, 5.41) is 16.5. The molecule has 1 unspecified atom stereocenters. The van der Waals surface area contributed by atoms with Crippen LogP contribution < -0.4 is 0 Å². The van der Waals surface area contributed by atoms with Gasteiger partial charge in [0.25, 0.3) is 0 Å². The molecule has 0 spiro atoms. The van der Waals surface area contributed by atoms with Crippen LogP contribution in [0.5, 0.6) is 0 Å². The lowest BCUT2D eigenvalue weighted by atomic mass is 9.62. The molecule has 23 heavy (non-hydrogen) atoms. The van der Waals surface area contributed by atoms with Gasteiger partial charge in [-0.25, -0.2) is 9.67 Å². The van der Waals surface area contributed by atoms with Crippen molar-refractivity contribution in [3.05, 3.63) is 53.1 Å². The second kappa shape index (κ2) is 6.10. The molecule has 0 aliphatic heterocycles. The van der Waals surface area contributed by atoms with Crippen molar-refractivity contribution in [3.63, 3.8) is 0 Å². The molecular weight excluding hydrogens is 310 g/mol. The first-order valence-electron chi connectivity index (χ1n) is 7.92. The average molecular weight is 332 g/mol. The summed E-state index contributed by atoms with van der Waals surface area (Å²) in [7, 11) is 0. The van der Waals surface area contributed by atoms with E-state index in [9.17, 15) is 5.11 Å². The Morgan fingerprint density at radius 1 is 1.30 bits per heavy atom. The maximum Gasteiger partial charge on any atom is 0.137 e. The van der Waals surface area contributed by atoms with Gasteiger partial charge in [-0.05, 0) is 47.9 Å². The fraction of sp³-hybridized carbons (Fsp3) is 0.444. The minimum atomic E-state index is -0.946. The topological polar surface area (TPSA) is 50.9 Å². The lowest BCUT2D eigenvalue weighted by Gasteiger charge is -2.48. The van der Waals surface area contributed by atoms with Gasteiger partial charge < -0.3 is 5.11 Å². The number of rotatable bonds is 3. The Kier molecular flexibility index (Phi) is 4.30. The van der Waals surface area contributed by atoms with Crippen LogP contribution in [0.2, 0.25) is 5.02 Å². The number of nitrogens with zero attached hydrogens (tertiary/aromatic N) is 3. The van der Waals surface area contributed by atoms with Crippen LogP contribution in [0, 0.1) is 5.41 Å². The zero-order valence-corrected chi connectivity index (χ0v) is 14.3. The van der Waals surface area contributed by atoms with Crippen molar-refractivity contribution >= 4 is 17.7 Å². The normalized spacial score (nSPS) is 25.7. The van der Waals surface area contributed by atoms with Gasteiger partial charge in [0.15, 0.2) is 0 Å². The van der Waals surface area contributed by atoms with E-state index in [1.165, 1.54) is 6.33 Å². The van der Waals surface area contributed by atoms with E-state index >= 15 is 0 Å². The summed E-state index contributed by atoms with van der Waals surface area (Å²) >= 11 is 5.96. The van der Waals surface area contributed by atoms with E-state index in [4.69, 9.17) is 11.6 Å². The molecule has 1 aliphatic carbocycles. The smallest absolute Gasteiger partial charge is 0.137 e. The van der Waals surface area contributed by atoms with Crippen molar-refractivity contribution < 1.29 is 5.11 Å². The number of hydrogen-bond donors (Lipinski definition) is 1. The highest BCUT2D eigenvalue weighted by Gasteiger charge is 2.48. The van der Waals surface area contributed by atoms with Crippen LogP contribution in [0.3, 0.4) is 0 Å². The summed E-state index contributed by atoms with van der Waals surface area (Å²) in [5.41, 5.74) is 0.930. The standard InChI is InChI=1S/C18H22ClN3O/c1-17(2)9-3-4-15(10-14-5-7-16(19)8-6-14)18(17,23)11-22-13-20-12-21-22/h5-8,10,12-13,23H,3-4,9,11H2,1-2H3/b15-10+. The van der Waals surface area contributed by atoms with Crippen LogP contribution in [0.15, 0.2) is 42.5 Å². The molecule has 1 heterocycles. The molecule has 0 saturated heterocycles. The summed E-state index contributed by atoms with van der Waals surface area (Å²) < 4.78 is 1.71. The summed E-state index contributed by atoms with van der Waals surface area (Å²) in [6.07, 6.45) is 8.19. The molecule has 1 N–H and O–H groups in total. The molecule has 1 aliphatic rings. The van der Waals surface area contributed by atoms with E-state index < -0.39 is 5.60 Å². The molecule has 122 valence electrons. The summed E-state index contributed by atoms with van der Waals surface area (Å²) in [6, 6.07) is 7.70. The number of benzene rings is 1. The maximum atomic E-state index is 11.6. The highest BCUT2D eigenvalue weighted by Crippen LogP contribution is 2.48. The Morgan fingerprint density at radius 3 is 2.70 bits per heavy atom. The minimum absolute atomic E-state index is 0.227. The Labute approximate surface area is 141 Å². The number of aromatic nitrogens is 3. The van der Waals surface area contributed by atoms with Crippen molar-refractivity contribution in [1.82, 2.24) is 14.8 Å². The molecule has 1 aromatic carbocycles. The highest BCUT2D eigenvalue weighted by atomic mass is 35.5. The van der Waals surface area contributed by atoms with Crippen LogP contribution in [0.4, 0.5) is 0 Å². The first-order valence-corrected chi connectivity index (χ1v) is 8.30. The zero-order valence-electron chi connectivity index (χ0n) is 13.5. The average Bonchev–Trinajstić information content (AvgIpc) is 2.99. The Bertz CT molecular complexity index is 692. The number of halogens is 1. The first kappa shape index (κ1) is 16.2. The summed E-state index contributed by atoms with van der Waals surface area (Å²) in [5.74, 6) is 0. The van der Waals surface area contributed by atoms with Crippen LogP contribution >= 0.6 is 11.6 Å². The lowest BCUT2D eigenvalue weighted by molar-refractivity contribution is -0.0692. The van der Waals surface area contributed by atoms with E-state index in [0.717, 1.165) is 30.4 Å². The van der Waals surface area contributed by atoms with E-state index in [2.05, 4.69) is 30.0 Å². The van der Waals surface area contributed by atoms with E-state index in [1.807, 2.05) is 24.3 Å².